The number of ether oxygens (including phenoxy) is 1. The first-order chi connectivity index (χ1) is 17.3. The van der Waals surface area contributed by atoms with E-state index in [0.717, 1.165) is 5.56 Å². The highest BCUT2D eigenvalue weighted by atomic mass is 35.5. The van der Waals surface area contributed by atoms with Crippen LogP contribution in [0.15, 0.2) is 48.5 Å². The summed E-state index contributed by atoms with van der Waals surface area (Å²) in [5.41, 5.74) is 6.27. The summed E-state index contributed by atoms with van der Waals surface area (Å²) in [5.74, 6) is -1.67. The van der Waals surface area contributed by atoms with E-state index in [-0.39, 0.29) is 19.4 Å². The minimum atomic E-state index is -1.15. The highest BCUT2D eigenvalue weighted by molar-refractivity contribution is 6.34. The van der Waals surface area contributed by atoms with Gasteiger partial charge in [-0.15, -0.1) is 0 Å². The molecular formula is C27H35ClN4O5. The van der Waals surface area contributed by atoms with Crippen molar-refractivity contribution in [1.82, 2.24) is 10.2 Å². The van der Waals surface area contributed by atoms with E-state index >= 15 is 0 Å². The fourth-order valence-corrected chi connectivity index (χ4v) is 4.02. The van der Waals surface area contributed by atoms with Gasteiger partial charge in [-0.2, -0.15) is 0 Å². The summed E-state index contributed by atoms with van der Waals surface area (Å²) in [4.78, 5) is 52.8. The molecule has 0 aliphatic heterocycles. The zero-order valence-corrected chi connectivity index (χ0v) is 22.6. The van der Waals surface area contributed by atoms with Crippen LogP contribution in [0.1, 0.15) is 57.7 Å². The number of carbonyl (C=O) groups is 4. The van der Waals surface area contributed by atoms with Gasteiger partial charge in [0.25, 0.3) is 5.91 Å². The van der Waals surface area contributed by atoms with Gasteiger partial charge in [0, 0.05) is 13.0 Å². The molecule has 0 radical (unpaired) electrons. The fourth-order valence-electron chi connectivity index (χ4n) is 3.75. The number of hydrogen-bond acceptors (Lipinski definition) is 5. The van der Waals surface area contributed by atoms with Crippen molar-refractivity contribution in [2.75, 3.05) is 11.9 Å². The lowest BCUT2D eigenvalue weighted by Crippen LogP contribution is -2.52. The number of hydrogen-bond donors (Lipinski definition) is 3. The Kier molecular flexibility index (Phi) is 10.5. The summed E-state index contributed by atoms with van der Waals surface area (Å²) < 4.78 is 5.31. The summed E-state index contributed by atoms with van der Waals surface area (Å²) in [6.07, 6.45) is -1.03. The first kappa shape index (κ1) is 29.6. The quantitative estimate of drug-likeness (QED) is 0.420. The molecule has 0 heterocycles. The van der Waals surface area contributed by atoms with E-state index in [2.05, 4.69) is 10.6 Å². The van der Waals surface area contributed by atoms with Crippen LogP contribution < -0.4 is 16.4 Å². The number of benzene rings is 2. The molecular weight excluding hydrogens is 496 g/mol. The second-order valence-electron chi connectivity index (χ2n) is 9.56. The van der Waals surface area contributed by atoms with Gasteiger partial charge < -0.3 is 26.0 Å². The maximum absolute atomic E-state index is 13.8. The molecule has 0 saturated heterocycles. The highest BCUT2D eigenvalue weighted by Gasteiger charge is 2.36. The average Bonchev–Trinajstić information content (AvgIpc) is 2.81. The zero-order chi connectivity index (χ0) is 27.8. The van der Waals surface area contributed by atoms with Crippen molar-refractivity contribution in [2.45, 2.75) is 65.1 Å². The summed E-state index contributed by atoms with van der Waals surface area (Å²) in [6, 6.07) is 11.8. The molecule has 2 aromatic rings. The summed E-state index contributed by atoms with van der Waals surface area (Å²) in [6.45, 7) is 8.75. The molecule has 2 aromatic carbocycles. The van der Waals surface area contributed by atoms with Gasteiger partial charge in [-0.3, -0.25) is 14.4 Å². The maximum Gasteiger partial charge on any atom is 0.408 e. The van der Waals surface area contributed by atoms with E-state index in [9.17, 15) is 19.2 Å². The van der Waals surface area contributed by atoms with Gasteiger partial charge in [-0.25, -0.2) is 4.79 Å². The van der Waals surface area contributed by atoms with Crippen molar-refractivity contribution in [3.63, 3.8) is 0 Å². The van der Waals surface area contributed by atoms with Crippen LogP contribution in [0.5, 0.6) is 0 Å². The number of amides is 4. The normalized spacial score (nSPS) is 12.7. The summed E-state index contributed by atoms with van der Waals surface area (Å²) >= 11 is 6.33. The van der Waals surface area contributed by atoms with Crippen molar-refractivity contribution in [3.05, 3.63) is 64.7 Å². The number of nitrogens with two attached hydrogens (primary N) is 1. The Morgan fingerprint density at radius 1 is 1.05 bits per heavy atom. The molecule has 9 nitrogen and oxygen atoms in total. The number of halogens is 1. The van der Waals surface area contributed by atoms with Crippen molar-refractivity contribution in [3.8, 4) is 0 Å². The number of aryl methyl sites for hydroxylation is 1. The van der Waals surface area contributed by atoms with Gasteiger partial charge in [0.05, 0.1) is 10.7 Å². The predicted molar refractivity (Wildman–Crippen MR) is 143 cm³/mol. The topological polar surface area (TPSA) is 131 Å². The largest absolute Gasteiger partial charge is 0.444 e. The van der Waals surface area contributed by atoms with E-state index in [0.29, 0.717) is 16.3 Å². The predicted octanol–water partition coefficient (Wildman–Crippen LogP) is 4.34. The van der Waals surface area contributed by atoms with Crippen LogP contribution in [0.3, 0.4) is 0 Å². The molecule has 0 aliphatic carbocycles. The Bertz CT molecular complexity index is 1100. The van der Waals surface area contributed by atoms with Crippen LogP contribution >= 0.6 is 11.6 Å². The molecule has 10 heteroatoms. The zero-order valence-electron chi connectivity index (χ0n) is 21.8. The number of alkyl carbamates (subject to hydrolysis) is 1. The van der Waals surface area contributed by atoms with E-state index in [1.54, 1.807) is 70.2 Å². The molecule has 0 aliphatic rings. The minimum Gasteiger partial charge on any atom is -0.444 e. The van der Waals surface area contributed by atoms with E-state index < -0.39 is 41.5 Å². The van der Waals surface area contributed by atoms with E-state index in [4.69, 9.17) is 22.1 Å². The first-order valence-corrected chi connectivity index (χ1v) is 12.4. The van der Waals surface area contributed by atoms with Crippen LogP contribution in [0.25, 0.3) is 0 Å². The molecule has 2 atom stereocenters. The molecule has 2 rings (SSSR count). The van der Waals surface area contributed by atoms with E-state index in [1.165, 1.54) is 4.90 Å². The Labute approximate surface area is 222 Å². The fraction of sp³-hybridized carbons (Fsp3) is 0.407. The molecule has 4 amide bonds. The van der Waals surface area contributed by atoms with Crippen molar-refractivity contribution < 1.29 is 23.9 Å². The number of anilines is 1. The van der Waals surface area contributed by atoms with Crippen LogP contribution in [0.2, 0.25) is 5.02 Å². The lowest BCUT2D eigenvalue weighted by molar-refractivity contribution is -0.140. The second kappa shape index (κ2) is 13.1. The maximum atomic E-state index is 13.8. The number of likely N-dealkylation sites (N-methyl/N-ethyl adjacent to an activating group) is 1. The number of carbonyl (C=O) groups excluding carboxylic acids is 4. The molecule has 0 aromatic heterocycles. The first-order valence-electron chi connectivity index (χ1n) is 12.0. The van der Waals surface area contributed by atoms with Crippen molar-refractivity contribution in [1.29, 1.82) is 0 Å². The van der Waals surface area contributed by atoms with Gasteiger partial charge in [0.2, 0.25) is 11.8 Å². The Morgan fingerprint density at radius 2 is 1.70 bits per heavy atom. The van der Waals surface area contributed by atoms with Gasteiger partial charge in [0.15, 0.2) is 0 Å². The molecule has 0 fully saturated rings. The lowest BCUT2D eigenvalue weighted by Gasteiger charge is -2.34. The van der Waals surface area contributed by atoms with E-state index in [1.807, 2.05) is 13.0 Å². The van der Waals surface area contributed by atoms with Crippen molar-refractivity contribution >= 4 is 41.1 Å². The smallest absolute Gasteiger partial charge is 0.408 e. The Hall–Kier alpha value is -3.59. The second-order valence-corrected chi connectivity index (χ2v) is 9.97. The molecule has 2 unspecified atom stereocenters. The lowest BCUT2D eigenvalue weighted by atomic mass is 10.0. The highest BCUT2D eigenvalue weighted by Crippen LogP contribution is 2.29. The number of primary amides is 1. The number of para-hydroxylation sites is 1. The van der Waals surface area contributed by atoms with Gasteiger partial charge >= 0.3 is 6.09 Å². The Morgan fingerprint density at radius 3 is 2.24 bits per heavy atom. The number of nitrogens with one attached hydrogen (secondary N) is 2. The number of rotatable bonds is 10. The van der Waals surface area contributed by atoms with Crippen molar-refractivity contribution in [2.24, 2.45) is 5.73 Å². The third-order valence-corrected chi connectivity index (χ3v) is 5.75. The van der Waals surface area contributed by atoms with Crippen LogP contribution in [0, 0.1) is 6.92 Å². The summed E-state index contributed by atoms with van der Waals surface area (Å²) in [7, 11) is 0. The third-order valence-electron chi connectivity index (χ3n) is 5.44. The molecule has 0 bridgehead atoms. The van der Waals surface area contributed by atoms with Crippen LogP contribution in [0.4, 0.5) is 10.5 Å². The summed E-state index contributed by atoms with van der Waals surface area (Å²) in [5, 5.41) is 5.76. The molecule has 0 spiro atoms. The molecule has 0 saturated carbocycles. The average molecular weight is 531 g/mol. The molecule has 37 heavy (non-hydrogen) atoms. The third kappa shape index (κ3) is 8.78. The van der Waals surface area contributed by atoms with Gasteiger partial charge in [-0.05, 0) is 58.2 Å². The number of nitrogens with zero attached hydrogens (tertiary/aromatic N) is 1. The minimum absolute atomic E-state index is 0.0589. The van der Waals surface area contributed by atoms with Crippen LogP contribution in [-0.2, 0) is 19.1 Å². The standard InChI is InChI=1S/C27H35ClN4O5/c1-6-32(25(35)20(15-16-21(29)33)30-26(36)37-27(3,4)5)23(18-12-8-7-9-13-18)24(34)31-22-17(2)11-10-14-19(22)28/h7-14,20,23H,6,15-16H2,1-5H3,(H2,29,33)(H,30,36)(H,31,34). The van der Waals surface area contributed by atoms with Gasteiger partial charge in [0.1, 0.15) is 17.7 Å². The monoisotopic (exact) mass is 530 g/mol. The SMILES string of the molecule is CCN(C(=O)C(CCC(N)=O)NC(=O)OC(C)(C)C)C(C(=O)Nc1c(C)cccc1Cl)c1ccccc1. The van der Waals surface area contributed by atoms with Crippen LogP contribution in [-0.4, -0.2) is 46.9 Å². The molecule has 200 valence electrons. The van der Waals surface area contributed by atoms with Gasteiger partial charge in [-0.1, -0.05) is 54.1 Å². The Balaban J connectivity index is 2.45. The molecule has 4 N–H and O–H groups in total.